The van der Waals surface area contributed by atoms with Gasteiger partial charge in [-0.15, -0.1) is 0 Å². The number of benzene rings is 1. The molecule has 108 valence electrons. The number of anilines is 1. The van der Waals surface area contributed by atoms with Crippen LogP contribution in [0.5, 0.6) is 0 Å². The number of fused-ring (bicyclic) bond motifs is 1. The number of rotatable bonds is 3. The Bertz CT molecular complexity index is 490. The summed E-state index contributed by atoms with van der Waals surface area (Å²) in [5.41, 5.74) is 2.39. The molecule has 20 heavy (non-hydrogen) atoms. The molecule has 0 fully saturated rings. The maximum atomic E-state index is 11.6. The third kappa shape index (κ3) is 3.71. The maximum absolute atomic E-state index is 11.6. The molecule has 3 amide bonds. The van der Waals surface area contributed by atoms with Gasteiger partial charge in [0.25, 0.3) is 0 Å². The van der Waals surface area contributed by atoms with Gasteiger partial charge in [-0.25, -0.2) is 4.79 Å². The average Bonchev–Trinajstić information content (AvgIpc) is 2.67. The first-order valence-electron chi connectivity index (χ1n) is 6.76. The van der Waals surface area contributed by atoms with Gasteiger partial charge < -0.3 is 15.5 Å². The van der Waals surface area contributed by atoms with E-state index >= 15 is 0 Å². The van der Waals surface area contributed by atoms with E-state index in [1.165, 1.54) is 12.6 Å². The fourth-order valence-electron chi connectivity index (χ4n) is 2.25. The fourth-order valence-corrected chi connectivity index (χ4v) is 2.25. The number of urea groups is 1. The predicted molar refractivity (Wildman–Crippen MR) is 77.6 cm³/mol. The predicted octanol–water partition coefficient (Wildman–Crippen LogP) is 0.442. The summed E-state index contributed by atoms with van der Waals surface area (Å²) >= 11 is 0. The molecule has 0 bridgehead atoms. The zero-order valence-corrected chi connectivity index (χ0v) is 11.6. The molecular formula is C14H20N4O2. The number of amides is 3. The van der Waals surface area contributed by atoms with Crippen molar-refractivity contribution < 1.29 is 9.59 Å². The van der Waals surface area contributed by atoms with Crippen LogP contribution in [0.1, 0.15) is 12.0 Å². The lowest BCUT2D eigenvalue weighted by atomic mass is 10.1. The zero-order chi connectivity index (χ0) is 14.4. The first kappa shape index (κ1) is 14.3. The van der Waals surface area contributed by atoms with Crippen LogP contribution in [0.15, 0.2) is 24.3 Å². The average molecular weight is 276 g/mol. The number of nitrogens with zero attached hydrogens (tertiary/aromatic N) is 1. The number of carbonyl (C=O) groups excluding carboxylic acids is 2. The lowest BCUT2D eigenvalue weighted by Crippen LogP contribution is -2.39. The van der Waals surface area contributed by atoms with Crippen molar-refractivity contribution in [1.29, 1.82) is 0 Å². The van der Waals surface area contributed by atoms with Crippen LogP contribution in [-0.4, -0.2) is 38.6 Å². The molecular weight excluding hydrogens is 256 g/mol. The Kier molecular flexibility index (Phi) is 4.95. The van der Waals surface area contributed by atoms with Gasteiger partial charge >= 0.3 is 6.03 Å². The van der Waals surface area contributed by atoms with Gasteiger partial charge in [0.05, 0.1) is 0 Å². The first-order chi connectivity index (χ1) is 9.70. The minimum atomic E-state index is -0.465. The van der Waals surface area contributed by atoms with Crippen LogP contribution >= 0.6 is 0 Å². The van der Waals surface area contributed by atoms with Crippen LogP contribution in [0.4, 0.5) is 10.5 Å². The summed E-state index contributed by atoms with van der Waals surface area (Å²) in [5, 5.41) is 8.00. The van der Waals surface area contributed by atoms with E-state index < -0.39 is 6.03 Å². The largest absolute Gasteiger partial charge is 0.369 e. The van der Waals surface area contributed by atoms with Crippen molar-refractivity contribution in [2.75, 3.05) is 31.6 Å². The summed E-state index contributed by atoms with van der Waals surface area (Å²) in [6.45, 7) is 3.18. The van der Waals surface area contributed by atoms with Gasteiger partial charge in [-0.3, -0.25) is 10.1 Å². The highest BCUT2D eigenvalue weighted by molar-refractivity contribution is 5.94. The second-order valence-electron chi connectivity index (χ2n) is 4.67. The Labute approximate surface area is 118 Å². The monoisotopic (exact) mass is 276 g/mol. The topological polar surface area (TPSA) is 73.5 Å². The molecule has 0 spiro atoms. The number of hydrogen-bond donors (Lipinski definition) is 3. The first-order valence-corrected chi connectivity index (χ1v) is 6.76. The van der Waals surface area contributed by atoms with Crippen molar-refractivity contribution in [2.24, 2.45) is 0 Å². The molecule has 0 atom stereocenters. The molecule has 0 unspecified atom stereocenters. The van der Waals surface area contributed by atoms with E-state index in [2.05, 4.69) is 33.0 Å². The molecule has 3 N–H and O–H groups in total. The number of imide groups is 1. The van der Waals surface area contributed by atoms with Crippen molar-refractivity contribution >= 4 is 17.6 Å². The highest BCUT2D eigenvalue weighted by Crippen LogP contribution is 2.21. The molecule has 6 nitrogen and oxygen atoms in total. The summed E-state index contributed by atoms with van der Waals surface area (Å²) < 4.78 is 0. The van der Waals surface area contributed by atoms with Crippen LogP contribution in [0.25, 0.3) is 0 Å². The maximum Gasteiger partial charge on any atom is 0.321 e. The Balaban J connectivity index is 1.96. The van der Waals surface area contributed by atoms with Crippen molar-refractivity contribution in [3.05, 3.63) is 29.8 Å². The van der Waals surface area contributed by atoms with E-state index in [1.54, 1.807) is 0 Å². The van der Waals surface area contributed by atoms with Crippen LogP contribution in [0.3, 0.4) is 0 Å². The third-order valence-electron chi connectivity index (χ3n) is 3.30. The number of para-hydroxylation sites is 1. The molecule has 1 aromatic rings. The number of hydrogen-bond acceptors (Lipinski definition) is 4. The highest BCUT2D eigenvalue weighted by atomic mass is 16.2. The van der Waals surface area contributed by atoms with Gasteiger partial charge in [-0.05, 0) is 11.6 Å². The summed E-state index contributed by atoms with van der Waals surface area (Å²) in [6.07, 6.45) is 0.293. The van der Waals surface area contributed by atoms with Crippen molar-refractivity contribution in [2.45, 2.75) is 13.0 Å². The molecule has 0 aliphatic carbocycles. The van der Waals surface area contributed by atoms with Gasteiger partial charge in [0.15, 0.2) is 0 Å². The standard InChI is InChI=1S/C14H20N4O2/c1-15-14(20)17-13(19)6-8-18-9-7-16-10-11-4-2-3-5-12(11)18/h2-5,16H,6-10H2,1H3,(H2,15,17,19,20). The van der Waals surface area contributed by atoms with E-state index in [0.717, 1.165) is 25.3 Å². The van der Waals surface area contributed by atoms with Gasteiger partial charge in [0, 0.05) is 45.3 Å². The SMILES string of the molecule is CNC(=O)NC(=O)CCN1CCNCc2ccccc21. The van der Waals surface area contributed by atoms with E-state index in [9.17, 15) is 9.59 Å². The highest BCUT2D eigenvalue weighted by Gasteiger charge is 2.15. The van der Waals surface area contributed by atoms with E-state index in [-0.39, 0.29) is 5.91 Å². The lowest BCUT2D eigenvalue weighted by molar-refractivity contribution is -0.119. The number of carbonyl (C=O) groups is 2. The molecule has 1 heterocycles. The molecule has 1 aliphatic rings. The molecule has 0 aromatic heterocycles. The molecule has 2 rings (SSSR count). The molecule has 0 saturated heterocycles. The second kappa shape index (κ2) is 6.91. The Morgan fingerprint density at radius 1 is 1.35 bits per heavy atom. The van der Waals surface area contributed by atoms with Crippen molar-refractivity contribution in [3.63, 3.8) is 0 Å². The minimum Gasteiger partial charge on any atom is -0.369 e. The summed E-state index contributed by atoms with van der Waals surface area (Å²) in [4.78, 5) is 24.9. The van der Waals surface area contributed by atoms with Gasteiger partial charge in [0.2, 0.25) is 5.91 Å². The van der Waals surface area contributed by atoms with Crippen LogP contribution in [-0.2, 0) is 11.3 Å². The van der Waals surface area contributed by atoms with E-state index in [1.807, 2.05) is 12.1 Å². The molecule has 1 aliphatic heterocycles. The molecule has 0 saturated carbocycles. The molecule has 0 radical (unpaired) electrons. The van der Waals surface area contributed by atoms with Crippen molar-refractivity contribution in [3.8, 4) is 0 Å². The smallest absolute Gasteiger partial charge is 0.321 e. The van der Waals surface area contributed by atoms with Crippen LogP contribution in [0.2, 0.25) is 0 Å². The fraction of sp³-hybridized carbons (Fsp3) is 0.429. The zero-order valence-electron chi connectivity index (χ0n) is 11.6. The summed E-state index contributed by atoms with van der Waals surface area (Å²) in [6, 6.07) is 7.71. The Morgan fingerprint density at radius 3 is 2.95 bits per heavy atom. The Morgan fingerprint density at radius 2 is 2.15 bits per heavy atom. The van der Waals surface area contributed by atoms with Gasteiger partial charge in [-0.1, -0.05) is 18.2 Å². The quantitative estimate of drug-likeness (QED) is 0.749. The van der Waals surface area contributed by atoms with Crippen molar-refractivity contribution in [1.82, 2.24) is 16.0 Å². The number of nitrogens with one attached hydrogen (secondary N) is 3. The summed E-state index contributed by atoms with van der Waals surface area (Å²) in [7, 11) is 1.49. The van der Waals surface area contributed by atoms with Gasteiger partial charge in [0.1, 0.15) is 0 Å². The van der Waals surface area contributed by atoms with Gasteiger partial charge in [-0.2, -0.15) is 0 Å². The minimum absolute atomic E-state index is 0.265. The molecule has 6 heteroatoms. The van der Waals surface area contributed by atoms with Crippen LogP contribution in [0, 0.1) is 0 Å². The van der Waals surface area contributed by atoms with Crippen LogP contribution < -0.4 is 20.9 Å². The third-order valence-corrected chi connectivity index (χ3v) is 3.30. The second-order valence-corrected chi connectivity index (χ2v) is 4.67. The Hall–Kier alpha value is -2.08. The van der Waals surface area contributed by atoms with E-state index in [4.69, 9.17) is 0 Å². The molecule has 1 aromatic carbocycles. The normalized spacial score (nSPS) is 14.2. The van der Waals surface area contributed by atoms with E-state index in [0.29, 0.717) is 13.0 Å². The summed E-state index contributed by atoms with van der Waals surface area (Å²) in [5.74, 6) is -0.265. The lowest BCUT2D eigenvalue weighted by Gasteiger charge is -2.24.